The largest absolute Gasteiger partial charge is 0.444 e. The number of carbonyl (C=O) groups excluding carboxylic acids is 2. The molecule has 1 amide bonds. The summed E-state index contributed by atoms with van der Waals surface area (Å²) in [4.78, 5) is 27.3. The van der Waals surface area contributed by atoms with Gasteiger partial charge < -0.3 is 4.74 Å². The summed E-state index contributed by atoms with van der Waals surface area (Å²) in [6.07, 6.45) is 2.85. The molecule has 1 aliphatic heterocycles. The maximum Gasteiger partial charge on any atom is 0.410 e. The molecule has 2 unspecified atom stereocenters. The van der Waals surface area contributed by atoms with Gasteiger partial charge in [-0.15, -0.1) is 0 Å². The van der Waals surface area contributed by atoms with Crippen molar-refractivity contribution >= 4 is 20.1 Å². The van der Waals surface area contributed by atoms with Gasteiger partial charge in [0.1, 0.15) is 5.60 Å². The molecule has 1 fully saturated rings. The minimum absolute atomic E-state index is 0.0117. The number of ether oxygens (including phenoxy) is 1. The van der Waals surface area contributed by atoms with Gasteiger partial charge in [-0.25, -0.2) is 14.6 Å². The lowest BCUT2D eigenvalue weighted by atomic mass is 10.2. The second-order valence-electron chi connectivity index (χ2n) is 5.22. The van der Waals surface area contributed by atoms with Crippen LogP contribution in [-0.2, 0) is 9.53 Å². The molecule has 2 atom stereocenters. The van der Waals surface area contributed by atoms with Crippen LogP contribution >= 0.6 is 7.92 Å². The molecule has 0 bridgehead atoms. The Morgan fingerprint density at radius 2 is 2.24 bits per heavy atom. The van der Waals surface area contributed by atoms with E-state index in [0.29, 0.717) is 6.54 Å². The summed E-state index contributed by atoms with van der Waals surface area (Å²) >= 11 is 0. The summed E-state index contributed by atoms with van der Waals surface area (Å²) in [6.45, 7) is 7.99. The normalized spacial score (nSPS) is 24.4. The molecule has 5 nitrogen and oxygen atoms in total. The van der Waals surface area contributed by atoms with E-state index in [4.69, 9.17) is 4.74 Å². The minimum atomic E-state index is -0.491. The van der Waals surface area contributed by atoms with Crippen LogP contribution in [0.3, 0.4) is 0 Å². The van der Waals surface area contributed by atoms with Gasteiger partial charge in [0.2, 0.25) is 6.08 Å². The monoisotopic (exact) mass is 258 g/mol. The van der Waals surface area contributed by atoms with Crippen molar-refractivity contribution in [3.8, 4) is 0 Å². The maximum absolute atomic E-state index is 12.0. The van der Waals surface area contributed by atoms with Crippen molar-refractivity contribution in [3.63, 3.8) is 0 Å². The van der Waals surface area contributed by atoms with Crippen LogP contribution in [-0.4, -0.2) is 54.4 Å². The number of nitrogens with zero attached hydrogens (tertiary/aromatic N) is 2. The van der Waals surface area contributed by atoms with Crippen LogP contribution in [0.2, 0.25) is 0 Å². The van der Waals surface area contributed by atoms with Crippen LogP contribution in [0.15, 0.2) is 4.99 Å². The lowest BCUT2D eigenvalue weighted by Crippen LogP contribution is -2.41. The number of carbonyl (C=O) groups is 1. The van der Waals surface area contributed by atoms with Gasteiger partial charge in [0.05, 0.1) is 12.6 Å². The minimum Gasteiger partial charge on any atom is -0.444 e. The molecule has 0 aromatic heterocycles. The standard InChI is InChI=1S/C11H19N2O3P/c1-11(2,3)16-10(15)13-8-17(4)6-9(13)5-12-7-14/h9H,5-6,8H2,1-4H3. The van der Waals surface area contributed by atoms with Gasteiger partial charge in [-0.2, -0.15) is 0 Å². The Labute approximate surface area is 103 Å². The van der Waals surface area contributed by atoms with E-state index in [1.807, 2.05) is 20.8 Å². The Morgan fingerprint density at radius 1 is 1.59 bits per heavy atom. The SMILES string of the molecule is CP1CC(CN=C=O)N(C(=O)OC(C)(C)C)C1. The van der Waals surface area contributed by atoms with Gasteiger partial charge in [0, 0.05) is 6.29 Å². The van der Waals surface area contributed by atoms with Crippen molar-refractivity contribution in [1.29, 1.82) is 0 Å². The fourth-order valence-corrected chi connectivity index (χ4v) is 3.73. The summed E-state index contributed by atoms with van der Waals surface area (Å²) in [5.74, 6) is 0. The van der Waals surface area contributed by atoms with E-state index in [1.54, 1.807) is 4.90 Å². The van der Waals surface area contributed by atoms with E-state index in [1.165, 1.54) is 6.08 Å². The highest BCUT2D eigenvalue weighted by molar-refractivity contribution is 7.57. The zero-order valence-corrected chi connectivity index (χ0v) is 11.7. The molecule has 0 N–H and O–H groups in total. The molecule has 0 aromatic rings. The number of hydrogen-bond donors (Lipinski definition) is 0. The Bertz CT molecular complexity index is 334. The molecular weight excluding hydrogens is 239 g/mol. The van der Waals surface area contributed by atoms with Gasteiger partial charge in [-0.3, -0.25) is 4.90 Å². The van der Waals surface area contributed by atoms with Crippen LogP contribution in [0.1, 0.15) is 20.8 Å². The first-order valence-electron chi connectivity index (χ1n) is 5.55. The van der Waals surface area contributed by atoms with Crippen LogP contribution in [0.5, 0.6) is 0 Å². The average molecular weight is 258 g/mol. The lowest BCUT2D eigenvalue weighted by Gasteiger charge is -2.27. The van der Waals surface area contributed by atoms with Gasteiger partial charge >= 0.3 is 6.09 Å². The first kappa shape index (κ1) is 14.1. The van der Waals surface area contributed by atoms with Gasteiger partial charge in [-0.05, 0) is 33.6 Å². The molecule has 0 aliphatic carbocycles. The molecule has 6 heteroatoms. The van der Waals surface area contributed by atoms with E-state index in [9.17, 15) is 9.59 Å². The zero-order valence-electron chi connectivity index (χ0n) is 10.8. The first-order valence-corrected chi connectivity index (χ1v) is 7.71. The predicted octanol–water partition coefficient (Wildman–Crippen LogP) is 2.01. The fourth-order valence-electron chi connectivity index (χ4n) is 1.72. The van der Waals surface area contributed by atoms with Crippen LogP contribution in [0.25, 0.3) is 0 Å². The number of hydrogen-bond acceptors (Lipinski definition) is 4. The van der Waals surface area contributed by atoms with E-state index in [0.717, 1.165) is 12.4 Å². The topological polar surface area (TPSA) is 59.0 Å². The Hall–Kier alpha value is -0.920. The molecule has 1 heterocycles. The quantitative estimate of drug-likeness (QED) is 0.432. The third-order valence-corrected chi connectivity index (χ3v) is 4.18. The average Bonchev–Trinajstić information content (AvgIpc) is 2.54. The highest BCUT2D eigenvalue weighted by Crippen LogP contribution is 2.41. The highest BCUT2D eigenvalue weighted by Gasteiger charge is 2.35. The molecule has 0 radical (unpaired) electrons. The number of isocyanates is 1. The third kappa shape index (κ3) is 4.45. The molecule has 0 spiro atoms. The Kier molecular flexibility index (Phi) is 4.67. The van der Waals surface area contributed by atoms with E-state index >= 15 is 0 Å². The predicted molar refractivity (Wildman–Crippen MR) is 67.4 cm³/mol. The number of aliphatic imine (C=N–C) groups is 1. The molecule has 96 valence electrons. The van der Waals surface area contributed by atoms with Gasteiger partial charge in [-0.1, -0.05) is 7.92 Å². The summed E-state index contributed by atoms with van der Waals surface area (Å²) in [5, 5.41) is 0. The second-order valence-corrected chi connectivity index (χ2v) is 7.58. The van der Waals surface area contributed by atoms with Crippen LogP contribution in [0, 0.1) is 0 Å². The van der Waals surface area contributed by atoms with Gasteiger partial charge in [0.15, 0.2) is 0 Å². The molecule has 1 saturated heterocycles. The first-order chi connectivity index (χ1) is 7.83. The summed E-state index contributed by atoms with van der Waals surface area (Å²) < 4.78 is 5.34. The molecule has 1 aliphatic rings. The molecule has 17 heavy (non-hydrogen) atoms. The number of amides is 1. The van der Waals surface area contributed by atoms with E-state index < -0.39 is 5.60 Å². The van der Waals surface area contributed by atoms with E-state index in [2.05, 4.69) is 11.7 Å². The van der Waals surface area contributed by atoms with Crippen molar-refractivity contribution in [3.05, 3.63) is 0 Å². The fraction of sp³-hybridized carbons (Fsp3) is 0.818. The van der Waals surface area contributed by atoms with E-state index in [-0.39, 0.29) is 20.1 Å². The molecule has 0 saturated carbocycles. The van der Waals surface area contributed by atoms with Crippen molar-refractivity contribution in [2.75, 3.05) is 25.7 Å². The van der Waals surface area contributed by atoms with Crippen molar-refractivity contribution < 1.29 is 14.3 Å². The highest BCUT2D eigenvalue weighted by atomic mass is 31.1. The maximum atomic E-state index is 12.0. The summed E-state index contributed by atoms with van der Waals surface area (Å²) in [6, 6.07) is -0.0117. The Balaban J connectivity index is 2.66. The van der Waals surface area contributed by atoms with Crippen molar-refractivity contribution in [1.82, 2.24) is 4.90 Å². The lowest BCUT2D eigenvalue weighted by molar-refractivity contribution is 0.0245. The van der Waals surface area contributed by atoms with Crippen LogP contribution < -0.4 is 0 Å². The van der Waals surface area contributed by atoms with Crippen molar-refractivity contribution in [2.24, 2.45) is 4.99 Å². The summed E-state index contributed by atoms with van der Waals surface area (Å²) in [7, 11) is -0.199. The third-order valence-electron chi connectivity index (χ3n) is 2.35. The Morgan fingerprint density at radius 3 is 2.76 bits per heavy atom. The smallest absolute Gasteiger partial charge is 0.410 e. The zero-order chi connectivity index (χ0) is 13.1. The van der Waals surface area contributed by atoms with Gasteiger partial charge in [0.25, 0.3) is 0 Å². The molecular formula is C11H19N2O3P. The van der Waals surface area contributed by atoms with Crippen LogP contribution in [0.4, 0.5) is 4.79 Å². The second kappa shape index (κ2) is 5.61. The van der Waals surface area contributed by atoms with Crippen molar-refractivity contribution in [2.45, 2.75) is 32.4 Å². The number of rotatable bonds is 2. The molecule has 1 rings (SSSR count). The molecule has 0 aromatic carbocycles. The summed E-state index contributed by atoms with van der Waals surface area (Å²) in [5.41, 5.74) is -0.491.